The minimum atomic E-state index is -0.257. The molecular formula is C12H23NO2. The van der Waals surface area contributed by atoms with Crippen LogP contribution in [0.5, 0.6) is 0 Å². The number of aliphatic hydroxyl groups is 1. The van der Waals surface area contributed by atoms with Crippen molar-refractivity contribution in [2.75, 3.05) is 19.6 Å². The van der Waals surface area contributed by atoms with Crippen LogP contribution >= 0.6 is 0 Å². The van der Waals surface area contributed by atoms with Crippen LogP contribution in [0.4, 0.5) is 0 Å². The van der Waals surface area contributed by atoms with Crippen molar-refractivity contribution in [2.45, 2.75) is 46.1 Å². The molecule has 1 saturated carbocycles. The summed E-state index contributed by atoms with van der Waals surface area (Å²) >= 11 is 0. The van der Waals surface area contributed by atoms with Gasteiger partial charge in [-0.3, -0.25) is 4.79 Å². The summed E-state index contributed by atoms with van der Waals surface area (Å²) in [5.41, 5.74) is -0.0660. The van der Waals surface area contributed by atoms with Crippen LogP contribution in [0, 0.1) is 5.41 Å². The Kier molecular flexibility index (Phi) is 4.29. The summed E-state index contributed by atoms with van der Waals surface area (Å²) in [6.07, 6.45) is 2.58. The molecule has 0 radical (unpaired) electrons. The van der Waals surface area contributed by atoms with Gasteiger partial charge in [-0.2, -0.15) is 0 Å². The summed E-state index contributed by atoms with van der Waals surface area (Å²) in [4.78, 5) is 13.6. The van der Waals surface area contributed by atoms with Crippen molar-refractivity contribution in [2.24, 2.45) is 5.41 Å². The summed E-state index contributed by atoms with van der Waals surface area (Å²) in [6.45, 7) is 8.19. The minimum absolute atomic E-state index is 0.0660. The Morgan fingerprint density at radius 2 is 2.07 bits per heavy atom. The molecule has 88 valence electrons. The van der Waals surface area contributed by atoms with E-state index in [-0.39, 0.29) is 11.5 Å². The Bertz CT molecular complexity index is 224. The van der Waals surface area contributed by atoms with Gasteiger partial charge >= 0.3 is 0 Å². The number of carbonyl (C=O) groups is 1. The minimum Gasteiger partial charge on any atom is -0.392 e. The highest BCUT2D eigenvalue weighted by Crippen LogP contribution is 2.47. The van der Waals surface area contributed by atoms with Gasteiger partial charge in [0.1, 0.15) is 5.78 Å². The Hall–Kier alpha value is -0.410. The summed E-state index contributed by atoms with van der Waals surface area (Å²) in [5.74, 6) is 0.312. The number of carbonyl (C=O) groups excluding carboxylic acids is 1. The van der Waals surface area contributed by atoms with Crippen molar-refractivity contribution in [1.29, 1.82) is 0 Å². The van der Waals surface area contributed by atoms with Crippen LogP contribution in [0.3, 0.4) is 0 Å². The highest BCUT2D eigenvalue weighted by atomic mass is 16.3. The van der Waals surface area contributed by atoms with Crippen molar-refractivity contribution in [3.05, 3.63) is 0 Å². The van der Waals surface area contributed by atoms with Gasteiger partial charge in [-0.25, -0.2) is 0 Å². The first-order chi connectivity index (χ1) is 7.04. The molecule has 1 fully saturated rings. The fourth-order valence-electron chi connectivity index (χ4n) is 1.93. The first kappa shape index (κ1) is 12.7. The number of hydrogen-bond acceptors (Lipinski definition) is 3. The van der Waals surface area contributed by atoms with Crippen molar-refractivity contribution in [3.63, 3.8) is 0 Å². The predicted octanol–water partition coefficient (Wildman–Crippen LogP) is 1.45. The van der Waals surface area contributed by atoms with Crippen LogP contribution in [0.25, 0.3) is 0 Å². The van der Waals surface area contributed by atoms with Gasteiger partial charge in [0.15, 0.2) is 0 Å². The maximum absolute atomic E-state index is 11.4. The molecule has 15 heavy (non-hydrogen) atoms. The number of likely N-dealkylation sites (N-methyl/N-ethyl adjacent to an activating group) is 1. The molecule has 3 nitrogen and oxygen atoms in total. The molecule has 1 aliphatic carbocycles. The van der Waals surface area contributed by atoms with Gasteiger partial charge in [0.05, 0.1) is 6.10 Å². The van der Waals surface area contributed by atoms with Gasteiger partial charge in [-0.05, 0) is 32.7 Å². The second kappa shape index (κ2) is 5.08. The van der Waals surface area contributed by atoms with Crippen LogP contribution in [0.1, 0.15) is 40.0 Å². The quantitative estimate of drug-likeness (QED) is 0.696. The van der Waals surface area contributed by atoms with E-state index in [1.165, 1.54) is 0 Å². The monoisotopic (exact) mass is 213 g/mol. The lowest BCUT2D eigenvalue weighted by atomic mass is 10.0. The van der Waals surface area contributed by atoms with E-state index in [0.29, 0.717) is 12.3 Å². The van der Waals surface area contributed by atoms with E-state index in [0.717, 1.165) is 32.4 Å². The van der Waals surface area contributed by atoms with Crippen LogP contribution < -0.4 is 0 Å². The second-order valence-corrected chi connectivity index (χ2v) is 4.73. The molecule has 0 aliphatic heterocycles. The molecule has 0 spiro atoms. The molecule has 3 heteroatoms. The molecular weight excluding hydrogens is 190 g/mol. The number of nitrogens with zero attached hydrogens (tertiary/aromatic N) is 1. The Balaban J connectivity index is 2.43. The zero-order valence-electron chi connectivity index (χ0n) is 10.1. The van der Waals surface area contributed by atoms with Crippen molar-refractivity contribution >= 4 is 5.78 Å². The Labute approximate surface area is 92.5 Å². The number of rotatable bonds is 7. The third-order valence-corrected chi connectivity index (χ3v) is 3.51. The molecule has 0 bridgehead atoms. The van der Waals surface area contributed by atoms with Crippen molar-refractivity contribution in [3.8, 4) is 0 Å². The SMILES string of the molecule is CCC(O)CN(CC)CC1(C(C)=O)CC1. The lowest BCUT2D eigenvalue weighted by Gasteiger charge is -2.26. The molecule has 1 atom stereocenters. The largest absolute Gasteiger partial charge is 0.392 e. The molecule has 1 rings (SSSR count). The van der Waals surface area contributed by atoms with Crippen LogP contribution in [-0.4, -0.2) is 41.5 Å². The molecule has 1 N–H and O–H groups in total. The van der Waals surface area contributed by atoms with Gasteiger partial charge in [0.2, 0.25) is 0 Å². The van der Waals surface area contributed by atoms with Gasteiger partial charge < -0.3 is 10.0 Å². The summed E-state index contributed by atoms with van der Waals surface area (Å²) in [6, 6.07) is 0. The van der Waals surface area contributed by atoms with Gasteiger partial charge in [-0.15, -0.1) is 0 Å². The van der Waals surface area contributed by atoms with Gasteiger partial charge in [0.25, 0.3) is 0 Å². The molecule has 0 aromatic heterocycles. The fraction of sp³-hybridized carbons (Fsp3) is 0.917. The fourth-order valence-corrected chi connectivity index (χ4v) is 1.93. The number of Topliss-reactive ketones (excluding diaryl/α,β-unsaturated/α-hetero) is 1. The maximum Gasteiger partial charge on any atom is 0.137 e. The summed E-state index contributed by atoms with van der Waals surface area (Å²) in [5, 5.41) is 9.59. The Morgan fingerprint density at radius 1 is 1.47 bits per heavy atom. The average Bonchev–Trinajstić information content (AvgIpc) is 2.97. The van der Waals surface area contributed by atoms with E-state index >= 15 is 0 Å². The lowest BCUT2D eigenvalue weighted by molar-refractivity contribution is -0.122. The number of aliphatic hydroxyl groups excluding tert-OH is 1. The summed E-state index contributed by atoms with van der Waals surface area (Å²) < 4.78 is 0. The molecule has 0 saturated heterocycles. The lowest BCUT2D eigenvalue weighted by Crippen LogP contribution is -2.38. The molecule has 0 heterocycles. The zero-order chi connectivity index (χ0) is 11.5. The van der Waals surface area contributed by atoms with Crippen molar-refractivity contribution in [1.82, 2.24) is 4.90 Å². The molecule has 0 aromatic carbocycles. The number of ketones is 1. The van der Waals surface area contributed by atoms with Crippen LogP contribution in [0.15, 0.2) is 0 Å². The predicted molar refractivity (Wildman–Crippen MR) is 60.8 cm³/mol. The molecule has 1 aliphatic rings. The average molecular weight is 213 g/mol. The van der Waals surface area contributed by atoms with Crippen molar-refractivity contribution < 1.29 is 9.90 Å². The van der Waals surface area contributed by atoms with Gasteiger partial charge in [0, 0.05) is 18.5 Å². The second-order valence-electron chi connectivity index (χ2n) is 4.73. The van der Waals surface area contributed by atoms with E-state index in [1.54, 1.807) is 6.92 Å². The highest BCUT2D eigenvalue weighted by molar-refractivity contribution is 5.85. The van der Waals surface area contributed by atoms with E-state index in [1.807, 2.05) is 6.92 Å². The highest BCUT2D eigenvalue weighted by Gasteiger charge is 2.47. The molecule has 1 unspecified atom stereocenters. The normalized spacial score (nSPS) is 20.3. The third kappa shape index (κ3) is 3.28. The van der Waals surface area contributed by atoms with E-state index < -0.39 is 0 Å². The first-order valence-corrected chi connectivity index (χ1v) is 5.95. The summed E-state index contributed by atoms with van der Waals surface area (Å²) in [7, 11) is 0. The molecule has 0 amide bonds. The molecule has 0 aromatic rings. The van der Waals surface area contributed by atoms with E-state index in [2.05, 4.69) is 11.8 Å². The van der Waals surface area contributed by atoms with E-state index in [9.17, 15) is 9.90 Å². The zero-order valence-corrected chi connectivity index (χ0v) is 10.1. The third-order valence-electron chi connectivity index (χ3n) is 3.51. The van der Waals surface area contributed by atoms with Gasteiger partial charge in [-0.1, -0.05) is 13.8 Å². The number of hydrogen-bond donors (Lipinski definition) is 1. The Morgan fingerprint density at radius 3 is 2.40 bits per heavy atom. The standard InChI is InChI=1S/C12H23NO2/c1-4-11(15)8-13(5-2)9-12(6-7-12)10(3)14/h11,15H,4-9H2,1-3H3. The van der Waals surface area contributed by atoms with Crippen LogP contribution in [-0.2, 0) is 4.79 Å². The maximum atomic E-state index is 11.4. The van der Waals surface area contributed by atoms with E-state index in [4.69, 9.17) is 0 Å². The smallest absolute Gasteiger partial charge is 0.137 e. The topological polar surface area (TPSA) is 40.5 Å². The first-order valence-electron chi connectivity index (χ1n) is 5.95. The van der Waals surface area contributed by atoms with Crippen LogP contribution in [0.2, 0.25) is 0 Å².